The van der Waals surface area contributed by atoms with Crippen molar-refractivity contribution in [3.63, 3.8) is 0 Å². The average Bonchev–Trinajstić information content (AvgIpc) is 2.96. The standard InChI is InChI=1S/C21H22N6/c1-14-5-7-16(8-6-14)23-21-22-12-11-20(24-21)26(3)17-9-10-18-15(2)27(4)25-19(18)13-17/h5-13H,1-4H3,(H,22,23,24). The topological polar surface area (TPSA) is 58.9 Å². The van der Waals surface area contributed by atoms with Gasteiger partial charge in [-0.1, -0.05) is 17.7 Å². The van der Waals surface area contributed by atoms with Crippen molar-refractivity contribution in [2.24, 2.45) is 7.05 Å². The van der Waals surface area contributed by atoms with Crippen LogP contribution in [0.25, 0.3) is 10.9 Å². The summed E-state index contributed by atoms with van der Waals surface area (Å²) in [7, 11) is 3.96. The van der Waals surface area contributed by atoms with E-state index in [2.05, 4.69) is 64.6 Å². The van der Waals surface area contributed by atoms with Gasteiger partial charge in [-0.3, -0.25) is 4.68 Å². The monoisotopic (exact) mass is 358 g/mol. The smallest absolute Gasteiger partial charge is 0.229 e. The fraction of sp³-hybridized carbons (Fsp3) is 0.190. The molecule has 0 aliphatic heterocycles. The Hall–Kier alpha value is -3.41. The minimum Gasteiger partial charge on any atom is -0.329 e. The molecular formula is C21H22N6. The Kier molecular flexibility index (Phi) is 4.24. The van der Waals surface area contributed by atoms with Crippen LogP contribution >= 0.6 is 0 Å². The van der Waals surface area contributed by atoms with Gasteiger partial charge in [-0.25, -0.2) is 4.98 Å². The molecule has 27 heavy (non-hydrogen) atoms. The van der Waals surface area contributed by atoms with Gasteiger partial charge in [0.05, 0.1) is 5.52 Å². The molecule has 136 valence electrons. The predicted octanol–water partition coefficient (Wildman–Crippen LogP) is 4.49. The van der Waals surface area contributed by atoms with Crippen molar-refractivity contribution in [2.75, 3.05) is 17.3 Å². The molecule has 0 radical (unpaired) electrons. The summed E-state index contributed by atoms with van der Waals surface area (Å²) in [6.45, 7) is 4.14. The summed E-state index contributed by atoms with van der Waals surface area (Å²) in [4.78, 5) is 11.0. The molecule has 0 fully saturated rings. The number of fused-ring (bicyclic) bond motifs is 1. The van der Waals surface area contributed by atoms with Crippen molar-refractivity contribution in [3.8, 4) is 0 Å². The van der Waals surface area contributed by atoms with Crippen LogP contribution in [0, 0.1) is 13.8 Å². The van der Waals surface area contributed by atoms with E-state index in [9.17, 15) is 0 Å². The number of nitrogens with zero attached hydrogens (tertiary/aromatic N) is 5. The normalized spacial score (nSPS) is 11.0. The highest BCUT2D eigenvalue weighted by Gasteiger charge is 2.11. The largest absolute Gasteiger partial charge is 0.329 e. The van der Waals surface area contributed by atoms with E-state index < -0.39 is 0 Å². The van der Waals surface area contributed by atoms with Gasteiger partial charge in [-0.2, -0.15) is 10.1 Å². The third-order valence-corrected chi connectivity index (χ3v) is 4.79. The molecule has 6 heteroatoms. The maximum Gasteiger partial charge on any atom is 0.229 e. The highest BCUT2D eigenvalue weighted by Crippen LogP contribution is 2.27. The second-order valence-electron chi connectivity index (χ2n) is 6.70. The molecule has 0 aliphatic rings. The summed E-state index contributed by atoms with van der Waals surface area (Å²) >= 11 is 0. The van der Waals surface area contributed by atoms with Crippen LogP contribution in [0.2, 0.25) is 0 Å². The molecule has 0 saturated heterocycles. The van der Waals surface area contributed by atoms with Crippen molar-refractivity contribution >= 4 is 34.0 Å². The summed E-state index contributed by atoms with van der Waals surface area (Å²) in [5.74, 6) is 1.38. The Morgan fingerprint density at radius 3 is 2.56 bits per heavy atom. The van der Waals surface area contributed by atoms with Crippen LogP contribution in [0.3, 0.4) is 0 Å². The zero-order chi connectivity index (χ0) is 19.0. The lowest BCUT2D eigenvalue weighted by molar-refractivity contribution is 0.751. The van der Waals surface area contributed by atoms with Gasteiger partial charge < -0.3 is 10.2 Å². The highest BCUT2D eigenvalue weighted by molar-refractivity contribution is 5.85. The molecular weight excluding hydrogens is 336 g/mol. The fourth-order valence-corrected chi connectivity index (χ4v) is 3.02. The number of hydrogen-bond donors (Lipinski definition) is 1. The molecule has 0 amide bonds. The van der Waals surface area contributed by atoms with Gasteiger partial charge >= 0.3 is 0 Å². The molecule has 0 spiro atoms. The number of benzene rings is 2. The third kappa shape index (κ3) is 3.33. The van der Waals surface area contributed by atoms with Crippen LogP contribution in [0.5, 0.6) is 0 Å². The van der Waals surface area contributed by atoms with Crippen LogP contribution < -0.4 is 10.2 Å². The van der Waals surface area contributed by atoms with Crippen molar-refractivity contribution in [2.45, 2.75) is 13.8 Å². The lowest BCUT2D eigenvalue weighted by atomic mass is 10.2. The van der Waals surface area contributed by atoms with Crippen LogP contribution in [-0.2, 0) is 7.05 Å². The maximum absolute atomic E-state index is 4.65. The summed E-state index contributed by atoms with van der Waals surface area (Å²) in [5.41, 5.74) is 5.35. The molecule has 6 nitrogen and oxygen atoms in total. The first kappa shape index (κ1) is 17.0. The second-order valence-corrected chi connectivity index (χ2v) is 6.70. The van der Waals surface area contributed by atoms with E-state index in [1.54, 1.807) is 6.20 Å². The van der Waals surface area contributed by atoms with Crippen LogP contribution in [0.4, 0.5) is 23.1 Å². The summed E-state index contributed by atoms with van der Waals surface area (Å²) in [6.07, 6.45) is 1.76. The van der Waals surface area contributed by atoms with E-state index in [1.165, 1.54) is 10.9 Å². The van der Waals surface area contributed by atoms with Gasteiger partial charge in [0.15, 0.2) is 0 Å². The van der Waals surface area contributed by atoms with E-state index in [0.717, 1.165) is 28.4 Å². The molecule has 0 bridgehead atoms. The van der Waals surface area contributed by atoms with E-state index in [1.807, 2.05) is 41.9 Å². The fourth-order valence-electron chi connectivity index (χ4n) is 3.02. The van der Waals surface area contributed by atoms with Crippen LogP contribution in [-0.4, -0.2) is 26.8 Å². The van der Waals surface area contributed by atoms with Gasteiger partial charge in [-0.05, 0) is 50.2 Å². The predicted molar refractivity (Wildman–Crippen MR) is 110 cm³/mol. The highest BCUT2D eigenvalue weighted by atomic mass is 15.3. The minimum absolute atomic E-state index is 0.568. The first-order chi connectivity index (χ1) is 13.0. The lowest BCUT2D eigenvalue weighted by Crippen LogP contribution is -2.12. The van der Waals surface area contributed by atoms with Gasteiger partial charge in [0.25, 0.3) is 0 Å². The van der Waals surface area contributed by atoms with Crippen molar-refractivity contribution < 1.29 is 0 Å². The number of rotatable bonds is 4. The molecule has 0 aliphatic carbocycles. The molecule has 1 N–H and O–H groups in total. The van der Waals surface area contributed by atoms with Gasteiger partial charge in [0.2, 0.25) is 5.95 Å². The first-order valence-electron chi connectivity index (χ1n) is 8.85. The van der Waals surface area contributed by atoms with E-state index in [0.29, 0.717) is 5.95 Å². The van der Waals surface area contributed by atoms with E-state index in [4.69, 9.17) is 0 Å². The molecule has 2 aromatic heterocycles. The summed E-state index contributed by atoms with van der Waals surface area (Å²) in [5, 5.41) is 8.99. The molecule has 0 unspecified atom stereocenters. The second kappa shape index (κ2) is 6.72. The van der Waals surface area contributed by atoms with Crippen LogP contribution in [0.1, 0.15) is 11.3 Å². The maximum atomic E-state index is 4.65. The van der Waals surface area contributed by atoms with Crippen molar-refractivity contribution in [3.05, 3.63) is 66.0 Å². The molecule has 0 saturated carbocycles. The Morgan fingerprint density at radius 1 is 1.00 bits per heavy atom. The first-order valence-corrected chi connectivity index (χ1v) is 8.85. The van der Waals surface area contributed by atoms with Gasteiger partial charge in [0, 0.05) is 42.7 Å². The zero-order valence-electron chi connectivity index (χ0n) is 15.9. The lowest BCUT2D eigenvalue weighted by Gasteiger charge is -2.19. The summed E-state index contributed by atoms with van der Waals surface area (Å²) < 4.78 is 1.91. The number of hydrogen-bond acceptors (Lipinski definition) is 5. The summed E-state index contributed by atoms with van der Waals surface area (Å²) in [6, 6.07) is 16.3. The Bertz CT molecular complexity index is 1100. The Labute approximate surface area is 158 Å². The van der Waals surface area contributed by atoms with Crippen molar-refractivity contribution in [1.29, 1.82) is 0 Å². The molecule has 4 aromatic rings. The van der Waals surface area contributed by atoms with Crippen molar-refractivity contribution in [1.82, 2.24) is 19.7 Å². The molecule has 0 atom stereocenters. The molecule has 4 rings (SSSR count). The number of anilines is 4. The van der Waals surface area contributed by atoms with E-state index in [-0.39, 0.29) is 0 Å². The van der Waals surface area contributed by atoms with Crippen LogP contribution in [0.15, 0.2) is 54.7 Å². The third-order valence-electron chi connectivity index (χ3n) is 4.79. The quantitative estimate of drug-likeness (QED) is 0.582. The SMILES string of the molecule is Cc1ccc(Nc2nccc(N(C)c3ccc4c(C)n(C)nc4c3)n2)cc1. The number of nitrogens with one attached hydrogen (secondary N) is 1. The Balaban J connectivity index is 1.62. The number of aromatic nitrogens is 4. The Morgan fingerprint density at radius 2 is 1.78 bits per heavy atom. The zero-order valence-corrected chi connectivity index (χ0v) is 15.9. The molecule has 2 aromatic carbocycles. The molecule has 2 heterocycles. The number of aryl methyl sites for hydroxylation is 3. The van der Waals surface area contributed by atoms with E-state index >= 15 is 0 Å². The minimum atomic E-state index is 0.568. The average molecular weight is 358 g/mol. The van der Waals surface area contributed by atoms with Gasteiger partial charge in [0.1, 0.15) is 5.82 Å². The van der Waals surface area contributed by atoms with Gasteiger partial charge in [-0.15, -0.1) is 0 Å².